The second-order valence-electron chi connectivity index (χ2n) is 7.32. The molecule has 0 amide bonds. The molecule has 0 bridgehead atoms. The molecule has 0 aliphatic heterocycles. The van der Waals surface area contributed by atoms with Gasteiger partial charge in [-0.15, -0.1) is 0 Å². The van der Waals surface area contributed by atoms with Crippen LogP contribution in [0.5, 0.6) is 0 Å². The molecular formula is C18H37N. The SMILES string of the molecule is CCCCCC(C)(CCC)C1CC(C)C(CNC)C1. The molecule has 0 saturated heterocycles. The molecule has 0 aromatic carbocycles. The number of unbranched alkanes of at least 4 members (excludes halogenated alkanes) is 2. The van der Waals surface area contributed by atoms with Gasteiger partial charge in [-0.25, -0.2) is 0 Å². The number of rotatable bonds is 9. The van der Waals surface area contributed by atoms with E-state index in [4.69, 9.17) is 0 Å². The maximum Gasteiger partial charge on any atom is -0.00209 e. The molecule has 1 heteroatoms. The molecule has 0 radical (unpaired) electrons. The summed E-state index contributed by atoms with van der Waals surface area (Å²) in [6, 6.07) is 0. The zero-order valence-corrected chi connectivity index (χ0v) is 14.1. The molecule has 0 heterocycles. The molecular weight excluding hydrogens is 230 g/mol. The van der Waals surface area contributed by atoms with Gasteiger partial charge in [-0.2, -0.15) is 0 Å². The topological polar surface area (TPSA) is 12.0 Å². The third kappa shape index (κ3) is 4.77. The van der Waals surface area contributed by atoms with Crippen LogP contribution in [0.1, 0.15) is 79.1 Å². The molecule has 0 aromatic rings. The minimum Gasteiger partial charge on any atom is -0.319 e. The highest BCUT2D eigenvalue weighted by atomic mass is 14.8. The Morgan fingerprint density at radius 3 is 2.37 bits per heavy atom. The summed E-state index contributed by atoms with van der Waals surface area (Å²) in [4.78, 5) is 0. The van der Waals surface area contributed by atoms with Gasteiger partial charge in [0.05, 0.1) is 0 Å². The van der Waals surface area contributed by atoms with Gasteiger partial charge in [0.25, 0.3) is 0 Å². The quantitative estimate of drug-likeness (QED) is 0.562. The third-order valence-electron chi connectivity index (χ3n) is 5.67. The molecule has 0 spiro atoms. The van der Waals surface area contributed by atoms with E-state index in [9.17, 15) is 0 Å². The minimum atomic E-state index is 0.612. The fourth-order valence-electron chi connectivity index (χ4n) is 4.33. The van der Waals surface area contributed by atoms with Crippen LogP contribution in [0.25, 0.3) is 0 Å². The maximum absolute atomic E-state index is 3.40. The Hall–Kier alpha value is -0.0400. The molecule has 1 aliphatic carbocycles. The van der Waals surface area contributed by atoms with E-state index in [1.165, 1.54) is 57.9 Å². The van der Waals surface area contributed by atoms with E-state index >= 15 is 0 Å². The highest BCUT2D eigenvalue weighted by Crippen LogP contribution is 2.50. The first-order valence-corrected chi connectivity index (χ1v) is 8.72. The van der Waals surface area contributed by atoms with E-state index in [-0.39, 0.29) is 0 Å². The fourth-order valence-corrected chi connectivity index (χ4v) is 4.33. The second kappa shape index (κ2) is 8.29. The van der Waals surface area contributed by atoms with Crippen molar-refractivity contribution in [3.05, 3.63) is 0 Å². The smallest absolute Gasteiger partial charge is 0.00209 e. The van der Waals surface area contributed by atoms with Gasteiger partial charge >= 0.3 is 0 Å². The lowest BCUT2D eigenvalue weighted by Gasteiger charge is -2.36. The van der Waals surface area contributed by atoms with Crippen LogP contribution in [0, 0.1) is 23.2 Å². The lowest BCUT2D eigenvalue weighted by atomic mass is 9.69. The summed E-state index contributed by atoms with van der Waals surface area (Å²) in [7, 11) is 2.10. The molecule has 1 nitrogen and oxygen atoms in total. The van der Waals surface area contributed by atoms with Crippen molar-refractivity contribution in [1.29, 1.82) is 0 Å². The normalized spacial score (nSPS) is 30.5. The Balaban J connectivity index is 2.60. The fraction of sp³-hybridized carbons (Fsp3) is 1.00. The monoisotopic (exact) mass is 267 g/mol. The van der Waals surface area contributed by atoms with Crippen molar-refractivity contribution in [2.75, 3.05) is 13.6 Å². The molecule has 1 rings (SSSR count). The first kappa shape index (κ1) is 17.0. The molecule has 4 atom stereocenters. The van der Waals surface area contributed by atoms with Gasteiger partial charge in [-0.1, -0.05) is 53.4 Å². The average molecular weight is 268 g/mol. The molecule has 1 aliphatic rings. The summed E-state index contributed by atoms with van der Waals surface area (Å²) in [6.07, 6.45) is 11.4. The number of hydrogen-bond donors (Lipinski definition) is 1. The van der Waals surface area contributed by atoms with E-state index in [0.717, 1.165) is 17.8 Å². The van der Waals surface area contributed by atoms with Crippen LogP contribution in [0.2, 0.25) is 0 Å². The van der Waals surface area contributed by atoms with Crippen molar-refractivity contribution in [3.8, 4) is 0 Å². The van der Waals surface area contributed by atoms with Crippen molar-refractivity contribution in [3.63, 3.8) is 0 Å². The van der Waals surface area contributed by atoms with Crippen molar-refractivity contribution >= 4 is 0 Å². The molecule has 0 aromatic heterocycles. The summed E-state index contributed by atoms with van der Waals surface area (Å²) >= 11 is 0. The largest absolute Gasteiger partial charge is 0.319 e. The van der Waals surface area contributed by atoms with Crippen molar-refractivity contribution < 1.29 is 0 Å². The van der Waals surface area contributed by atoms with Crippen molar-refractivity contribution in [1.82, 2.24) is 5.32 Å². The zero-order chi connectivity index (χ0) is 14.3. The molecule has 1 fully saturated rings. The highest BCUT2D eigenvalue weighted by molar-refractivity contribution is 4.91. The maximum atomic E-state index is 3.40. The Kier molecular flexibility index (Phi) is 7.42. The summed E-state index contributed by atoms with van der Waals surface area (Å²) in [5, 5.41) is 3.40. The van der Waals surface area contributed by atoms with Crippen LogP contribution in [-0.2, 0) is 0 Å². The lowest BCUT2D eigenvalue weighted by Crippen LogP contribution is -2.26. The van der Waals surface area contributed by atoms with Crippen LogP contribution in [0.3, 0.4) is 0 Å². The predicted octanol–water partition coefficient (Wildman–Crippen LogP) is 5.25. The summed E-state index contributed by atoms with van der Waals surface area (Å²) in [5.41, 5.74) is 0.612. The van der Waals surface area contributed by atoms with Crippen LogP contribution in [-0.4, -0.2) is 13.6 Å². The van der Waals surface area contributed by atoms with E-state index < -0.39 is 0 Å². The molecule has 4 unspecified atom stereocenters. The standard InChI is InChI=1S/C18H37N/c1-6-8-9-11-18(4,10-7-2)17-12-15(3)16(13-17)14-19-5/h15-17,19H,6-14H2,1-5H3. The van der Waals surface area contributed by atoms with Gasteiger partial charge in [-0.05, 0) is 62.4 Å². The second-order valence-corrected chi connectivity index (χ2v) is 7.32. The molecule has 1 saturated carbocycles. The Labute approximate surface area is 121 Å². The van der Waals surface area contributed by atoms with Gasteiger partial charge in [-0.3, -0.25) is 0 Å². The third-order valence-corrected chi connectivity index (χ3v) is 5.67. The first-order valence-electron chi connectivity index (χ1n) is 8.72. The van der Waals surface area contributed by atoms with Crippen molar-refractivity contribution in [2.24, 2.45) is 23.2 Å². The number of nitrogens with one attached hydrogen (secondary N) is 1. The van der Waals surface area contributed by atoms with Gasteiger partial charge in [0.2, 0.25) is 0 Å². The predicted molar refractivity (Wildman–Crippen MR) is 86.5 cm³/mol. The van der Waals surface area contributed by atoms with Crippen LogP contribution in [0.4, 0.5) is 0 Å². The summed E-state index contributed by atoms with van der Waals surface area (Å²) < 4.78 is 0. The Morgan fingerprint density at radius 2 is 1.79 bits per heavy atom. The van der Waals surface area contributed by atoms with E-state index in [0.29, 0.717) is 5.41 Å². The Morgan fingerprint density at radius 1 is 1.05 bits per heavy atom. The van der Waals surface area contributed by atoms with Crippen LogP contribution >= 0.6 is 0 Å². The average Bonchev–Trinajstić information content (AvgIpc) is 2.73. The number of hydrogen-bond acceptors (Lipinski definition) is 1. The highest BCUT2D eigenvalue weighted by Gasteiger charge is 2.40. The van der Waals surface area contributed by atoms with Gasteiger partial charge in [0.1, 0.15) is 0 Å². The van der Waals surface area contributed by atoms with Crippen LogP contribution < -0.4 is 5.32 Å². The van der Waals surface area contributed by atoms with Crippen molar-refractivity contribution in [2.45, 2.75) is 79.1 Å². The lowest BCUT2D eigenvalue weighted by molar-refractivity contribution is 0.144. The van der Waals surface area contributed by atoms with E-state index in [2.05, 4.69) is 40.1 Å². The first-order chi connectivity index (χ1) is 9.07. The van der Waals surface area contributed by atoms with E-state index in [1.807, 2.05) is 0 Å². The molecule has 1 N–H and O–H groups in total. The van der Waals surface area contributed by atoms with Gasteiger partial charge < -0.3 is 5.32 Å². The van der Waals surface area contributed by atoms with Crippen LogP contribution in [0.15, 0.2) is 0 Å². The van der Waals surface area contributed by atoms with E-state index in [1.54, 1.807) is 0 Å². The minimum absolute atomic E-state index is 0.612. The summed E-state index contributed by atoms with van der Waals surface area (Å²) in [5.74, 6) is 2.80. The van der Waals surface area contributed by atoms with Gasteiger partial charge in [0, 0.05) is 0 Å². The zero-order valence-electron chi connectivity index (χ0n) is 14.1. The molecule has 114 valence electrons. The summed E-state index contributed by atoms with van der Waals surface area (Å²) in [6.45, 7) is 11.0. The van der Waals surface area contributed by atoms with Gasteiger partial charge in [0.15, 0.2) is 0 Å². The molecule has 19 heavy (non-hydrogen) atoms. The Bertz CT molecular complexity index is 238.